The highest BCUT2D eigenvalue weighted by Crippen LogP contribution is 2.06. The molecule has 6 heteroatoms. The molecule has 0 aliphatic carbocycles. The molecule has 0 radical (unpaired) electrons. The largest absolute Gasteiger partial charge is 0.378 e. The van der Waals surface area contributed by atoms with E-state index in [1.165, 1.54) is 0 Å². The van der Waals surface area contributed by atoms with Crippen LogP contribution >= 0.6 is 11.6 Å². The van der Waals surface area contributed by atoms with Crippen LogP contribution in [-0.2, 0) is 14.8 Å². The Bertz CT molecular complexity index is 280. The average molecular weight is 286 g/mol. The first-order valence-corrected chi connectivity index (χ1v) is 8.21. The molecular formula is C11H24ClNO3S. The summed E-state index contributed by atoms with van der Waals surface area (Å²) in [5.41, 5.74) is 0. The number of hydrogen-bond acceptors (Lipinski definition) is 3. The van der Waals surface area contributed by atoms with Crippen molar-refractivity contribution in [1.29, 1.82) is 0 Å². The van der Waals surface area contributed by atoms with Crippen molar-refractivity contribution < 1.29 is 13.2 Å². The van der Waals surface area contributed by atoms with Crippen LogP contribution in [0.4, 0.5) is 0 Å². The van der Waals surface area contributed by atoms with E-state index < -0.39 is 10.0 Å². The van der Waals surface area contributed by atoms with E-state index >= 15 is 0 Å². The fraction of sp³-hybridized carbons (Fsp3) is 1.00. The number of ether oxygens (including phenoxy) is 1. The van der Waals surface area contributed by atoms with E-state index in [0.29, 0.717) is 18.3 Å². The van der Waals surface area contributed by atoms with E-state index in [2.05, 4.69) is 11.6 Å². The third-order valence-electron chi connectivity index (χ3n) is 2.26. The second-order valence-electron chi connectivity index (χ2n) is 4.53. The van der Waals surface area contributed by atoms with Crippen molar-refractivity contribution in [1.82, 2.24) is 4.72 Å². The van der Waals surface area contributed by atoms with Crippen molar-refractivity contribution in [2.45, 2.75) is 39.7 Å². The molecule has 0 fully saturated rings. The summed E-state index contributed by atoms with van der Waals surface area (Å²) in [5.74, 6) is 1.08. The molecule has 0 aliphatic rings. The van der Waals surface area contributed by atoms with E-state index in [1.807, 2.05) is 13.8 Å². The SMILES string of the molecule is CC(CCl)CCCNS(=O)(=O)CCOC(C)C. The maximum absolute atomic E-state index is 11.5. The molecule has 0 rings (SSSR count). The zero-order valence-electron chi connectivity index (χ0n) is 10.9. The Hall–Kier alpha value is 0.160. The summed E-state index contributed by atoms with van der Waals surface area (Å²) in [6, 6.07) is 0. The molecule has 0 amide bonds. The summed E-state index contributed by atoms with van der Waals surface area (Å²) in [4.78, 5) is 0. The number of alkyl halides is 1. The second kappa shape index (κ2) is 9.14. The average Bonchev–Trinajstić information content (AvgIpc) is 2.23. The van der Waals surface area contributed by atoms with E-state index in [9.17, 15) is 8.42 Å². The van der Waals surface area contributed by atoms with Gasteiger partial charge in [0, 0.05) is 12.4 Å². The van der Waals surface area contributed by atoms with Gasteiger partial charge in [-0.25, -0.2) is 13.1 Å². The van der Waals surface area contributed by atoms with Crippen LogP contribution in [0.5, 0.6) is 0 Å². The quantitative estimate of drug-likeness (QED) is 0.493. The van der Waals surface area contributed by atoms with Gasteiger partial charge in [-0.3, -0.25) is 0 Å². The van der Waals surface area contributed by atoms with Gasteiger partial charge in [0.15, 0.2) is 0 Å². The first kappa shape index (κ1) is 17.2. The van der Waals surface area contributed by atoms with Gasteiger partial charge in [-0.1, -0.05) is 6.92 Å². The molecule has 0 aliphatic heterocycles. The summed E-state index contributed by atoms with van der Waals surface area (Å²) in [6.45, 7) is 6.54. The molecular weight excluding hydrogens is 262 g/mol. The van der Waals surface area contributed by atoms with Gasteiger partial charge >= 0.3 is 0 Å². The number of nitrogens with one attached hydrogen (secondary N) is 1. The van der Waals surface area contributed by atoms with Gasteiger partial charge in [0.1, 0.15) is 0 Å². The summed E-state index contributed by atoms with van der Waals surface area (Å²) in [6.07, 6.45) is 1.82. The lowest BCUT2D eigenvalue weighted by atomic mass is 10.1. The summed E-state index contributed by atoms with van der Waals surface area (Å²) in [5, 5.41) is 0. The van der Waals surface area contributed by atoms with Crippen LogP contribution in [0.1, 0.15) is 33.6 Å². The molecule has 0 bridgehead atoms. The molecule has 0 heterocycles. The van der Waals surface area contributed by atoms with Gasteiger partial charge in [0.25, 0.3) is 0 Å². The van der Waals surface area contributed by atoms with Crippen LogP contribution in [0.25, 0.3) is 0 Å². The van der Waals surface area contributed by atoms with Crippen molar-refractivity contribution >= 4 is 21.6 Å². The fourth-order valence-electron chi connectivity index (χ4n) is 1.22. The predicted molar refractivity (Wildman–Crippen MR) is 72.0 cm³/mol. The van der Waals surface area contributed by atoms with Gasteiger partial charge in [0.05, 0.1) is 18.5 Å². The Morgan fingerprint density at radius 2 is 1.94 bits per heavy atom. The van der Waals surface area contributed by atoms with Crippen molar-refractivity contribution in [3.8, 4) is 0 Å². The first-order chi connectivity index (χ1) is 7.87. The Balaban J connectivity index is 3.64. The minimum atomic E-state index is -3.19. The zero-order valence-corrected chi connectivity index (χ0v) is 12.5. The monoisotopic (exact) mass is 285 g/mol. The minimum Gasteiger partial charge on any atom is -0.378 e. The lowest BCUT2D eigenvalue weighted by Crippen LogP contribution is -2.30. The normalized spacial score (nSPS) is 14.2. The predicted octanol–water partition coefficient (Wildman–Crippen LogP) is 1.99. The van der Waals surface area contributed by atoms with Gasteiger partial charge < -0.3 is 4.74 Å². The molecule has 17 heavy (non-hydrogen) atoms. The second-order valence-corrected chi connectivity index (χ2v) is 6.77. The maximum Gasteiger partial charge on any atom is 0.213 e. The molecule has 4 nitrogen and oxygen atoms in total. The van der Waals surface area contributed by atoms with Crippen molar-refractivity contribution in [3.63, 3.8) is 0 Å². The fourth-order valence-corrected chi connectivity index (χ4v) is 2.29. The topological polar surface area (TPSA) is 55.4 Å². The van der Waals surface area contributed by atoms with Crippen LogP contribution in [0.3, 0.4) is 0 Å². The van der Waals surface area contributed by atoms with Crippen LogP contribution in [-0.4, -0.2) is 39.3 Å². The number of sulfonamides is 1. The number of rotatable bonds is 10. The lowest BCUT2D eigenvalue weighted by Gasteiger charge is -2.10. The molecule has 1 atom stereocenters. The third-order valence-corrected chi connectivity index (χ3v) is 4.14. The van der Waals surface area contributed by atoms with Gasteiger partial charge in [-0.2, -0.15) is 0 Å². The summed E-state index contributed by atoms with van der Waals surface area (Å²) < 4.78 is 30.8. The molecule has 0 aromatic carbocycles. The highest BCUT2D eigenvalue weighted by molar-refractivity contribution is 7.89. The third kappa shape index (κ3) is 11.0. The Morgan fingerprint density at radius 3 is 2.47 bits per heavy atom. The summed E-state index contributed by atoms with van der Waals surface area (Å²) in [7, 11) is -3.19. The van der Waals surface area contributed by atoms with Crippen molar-refractivity contribution in [3.05, 3.63) is 0 Å². The standard InChI is InChI=1S/C11H24ClNO3S/c1-10(2)16-7-8-17(14,15)13-6-4-5-11(3)9-12/h10-11,13H,4-9H2,1-3H3. The zero-order chi connectivity index (χ0) is 13.3. The smallest absolute Gasteiger partial charge is 0.213 e. The van der Waals surface area contributed by atoms with Crippen molar-refractivity contribution in [2.75, 3.05) is 24.8 Å². The Kier molecular flexibility index (Phi) is 9.22. The number of hydrogen-bond donors (Lipinski definition) is 1. The molecule has 0 spiro atoms. The number of halogens is 1. The van der Waals surface area contributed by atoms with E-state index in [1.54, 1.807) is 0 Å². The van der Waals surface area contributed by atoms with E-state index in [0.717, 1.165) is 12.8 Å². The Labute approximate surface area is 110 Å². The highest BCUT2D eigenvalue weighted by Gasteiger charge is 2.10. The highest BCUT2D eigenvalue weighted by atomic mass is 35.5. The van der Waals surface area contributed by atoms with Crippen LogP contribution in [0, 0.1) is 5.92 Å². The van der Waals surface area contributed by atoms with Gasteiger partial charge in [-0.05, 0) is 32.6 Å². The molecule has 1 unspecified atom stereocenters. The van der Waals surface area contributed by atoms with E-state index in [4.69, 9.17) is 16.3 Å². The van der Waals surface area contributed by atoms with Gasteiger partial charge in [0.2, 0.25) is 10.0 Å². The minimum absolute atomic E-state index is 0.0240. The van der Waals surface area contributed by atoms with Crippen LogP contribution in [0.15, 0.2) is 0 Å². The summed E-state index contributed by atoms with van der Waals surface area (Å²) >= 11 is 5.66. The molecule has 0 aromatic heterocycles. The molecule has 1 N–H and O–H groups in total. The lowest BCUT2D eigenvalue weighted by molar-refractivity contribution is 0.0911. The van der Waals surface area contributed by atoms with Crippen LogP contribution in [0.2, 0.25) is 0 Å². The Morgan fingerprint density at radius 1 is 1.29 bits per heavy atom. The molecule has 0 aromatic rings. The van der Waals surface area contributed by atoms with Crippen molar-refractivity contribution in [2.24, 2.45) is 5.92 Å². The molecule has 0 saturated carbocycles. The maximum atomic E-state index is 11.5. The van der Waals surface area contributed by atoms with Gasteiger partial charge in [-0.15, -0.1) is 11.6 Å². The molecule has 0 saturated heterocycles. The first-order valence-electron chi connectivity index (χ1n) is 6.02. The van der Waals surface area contributed by atoms with E-state index in [-0.39, 0.29) is 18.5 Å². The molecule has 104 valence electrons. The van der Waals surface area contributed by atoms with Crippen LogP contribution < -0.4 is 4.72 Å².